The van der Waals surface area contributed by atoms with Crippen molar-refractivity contribution in [3.8, 4) is 0 Å². The molecule has 0 saturated carbocycles. The van der Waals surface area contributed by atoms with Crippen LogP contribution < -0.4 is 9.62 Å². The van der Waals surface area contributed by atoms with Crippen LogP contribution in [0, 0.1) is 6.92 Å². The van der Waals surface area contributed by atoms with Crippen molar-refractivity contribution in [2.75, 3.05) is 10.8 Å². The maximum atomic E-state index is 13.7. The summed E-state index contributed by atoms with van der Waals surface area (Å²) in [5.41, 5.74) is 6.15. The van der Waals surface area contributed by atoms with Crippen LogP contribution in [0.4, 0.5) is 5.69 Å². The normalized spacial score (nSPS) is 13.9. The summed E-state index contributed by atoms with van der Waals surface area (Å²) >= 11 is 0. The highest BCUT2D eigenvalue weighted by atomic mass is 32.2. The van der Waals surface area contributed by atoms with Gasteiger partial charge in [-0.15, -0.1) is 0 Å². The third-order valence-electron chi connectivity index (χ3n) is 6.54. The van der Waals surface area contributed by atoms with E-state index in [0.29, 0.717) is 12.1 Å². The van der Waals surface area contributed by atoms with Crippen molar-refractivity contribution in [2.45, 2.75) is 57.4 Å². The predicted octanol–water partition coefficient (Wildman–Crippen LogP) is 5.12. The summed E-state index contributed by atoms with van der Waals surface area (Å²) in [5, 5.41) is 3.01. The van der Waals surface area contributed by atoms with Gasteiger partial charge < -0.3 is 5.32 Å². The largest absolute Gasteiger partial charge is 0.348 e. The van der Waals surface area contributed by atoms with Gasteiger partial charge in [-0.3, -0.25) is 9.10 Å². The van der Waals surface area contributed by atoms with Gasteiger partial charge in [0.2, 0.25) is 5.91 Å². The number of sulfonamides is 1. The molecule has 0 aromatic heterocycles. The Labute approximate surface area is 202 Å². The summed E-state index contributed by atoms with van der Waals surface area (Å²) in [7, 11) is -3.93. The summed E-state index contributed by atoms with van der Waals surface area (Å²) in [5.74, 6) is -0.338. The fraction of sp³-hybridized carbons (Fsp3) is 0.321. The Morgan fingerprint density at radius 1 is 1.00 bits per heavy atom. The Morgan fingerprint density at radius 3 is 2.44 bits per heavy atom. The van der Waals surface area contributed by atoms with Gasteiger partial charge in [0.25, 0.3) is 10.0 Å². The minimum Gasteiger partial charge on any atom is -0.348 e. The van der Waals surface area contributed by atoms with Crippen molar-refractivity contribution >= 4 is 21.6 Å². The molecular weight excluding hydrogens is 444 g/mol. The lowest BCUT2D eigenvalue weighted by Crippen LogP contribution is -2.42. The van der Waals surface area contributed by atoms with Gasteiger partial charge in [0.1, 0.15) is 6.54 Å². The van der Waals surface area contributed by atoms with E-state index in [0.717, 1.165) is 29.5 Å². The van der Waals surface area contributed by atoms with Crippen molar-refractivity contribution in [3.05, 3.63) is 94.5 Å². The minimum absolute atomic E-state index is 0.170. The second-order valence-electron chi connectivity index (χ2n) is 8.98. The van der Waals surface area contributed by atoms with Gasteiger partial charge in [0.15, 0.2) is 0 Å². The van der Waals surface area contributed by atoms with Crippen LogP contribution in [0.1, 0.15) is 54.1 Å². The minimum atomic E-state index is -3.93. The standard InChI is InChI=1S/C28H32N2O3S/c1-4-22-8-5-6-11-27(22)30(34(32,33)26-16-12-20(2)13-17-26)19-28(31)29-21(3)24-15-14-23-9-7-10-25(23)18-24/h5-6,8,11-18,21H,4,7,9-10,19H2,1-3H3,(H,29,31)/t21-/m0/s1. The van der Waals surface area contributed by atoms with Crippen molar-refractivity contribution in [3.63, 3.8) is 0 Å². The Morgan fingerprint density at radius 2 is 1.71 bits per heavy atom. The number of para-hydroxylation sites is 1. The Bertz CT molecular complexity index is 1280. The van der Waals surface area contributed by atoms with Crippen LogP contribution >= 0.6 is 0 Å². The summed E-state index contributed by atoms with van der Waals surface area (Å²) in [6.07, 6.45) is 4.00. The van der Waals surface area contributed by atoms with Crippen molar-refractivity contribution in [1.29, 1.82) is 0 Å². The molecule has 5 nitrogen and oxygen atoms in total. The molecule has 0 saturated heterocycles. The van der Waals surface area contributed by atoms with Crippen LogP contribution in [-0.2, 0) is 34.1 Å². The second kappa shape index (κ2) is 10.0. The first kappa shape index (κ1) is 24.0. The maximum absolute atomic E-state index is 13.7. The van der Waals surface area contributed by atoms with Gasteiger partial charge in [-0.2, -0.15) is 0 Å². The molecule has 0 aliphatic heterocycles. The van der Waals surface area contributed by atoms with Gasteiger partial charge >= 0.3 is 0 Å². The zero-order chi connectivity index (χ0) is 24.3. The Kier molecular flexibility index (Phi) is 7.08. The number of nitrogens with one attached hydrogen (secondary N) is 1. The van der Waals surface area contributed by atoms with Gasteiger partial charge in [0, 0.05) is 0 Å². The molecule has 4 rings (SSSR count). The number of nitrogens with zero attached hydrogens (tertiary/aromatic N) is 1. The molecule has 3 aromatic rings. The van der Waals surface area contributed by atoms with Crippen LogP contribution in [0.25, 0.3) is 0 Å². The Hall–Kier alpha value is -3.12. The van der Waals surface area contributed by atoms with Crippen LogP contribution in [0.5, 0.6) is 0 Å². The highest BCUT2D eigenvalue weighted by Crippen LogP contribution is 2.28. The number of amides is 1. The molecule has 1 aliphatic rings. The van der Waals surface area contributed by atoms with E-state index >= 15 is 0 Å². The van der Waals surface area contributed by atoms with E-state index in [-0.39, 0.29) is 23.4 Å². The molecule has 0 unspecified atom stereocenters. The molecule has 178 valence electrons. The van der Waals surface area contributed by atoms with E-state index in [1.54, 1.807) is 36.4 Å². The summed E-state index contributed by atoms with van der Waals surface area (Å²) in [6, 6.07) is 20.2. The van der Waals surface area contributed by atoms with Crippen molar-refractivity contribution in [1.82, 2.24) is 5.32 Å². The molecule has 34 heavy (non-hydrogen) atoms. The van der Waals surface area contributed by atoms with Crippen molar-refractivity contribution in [2.24, 2.45) is 0 Å². The SMILES string of the molecule is CCc1ccccc1N(CC(=O)N[C@@H](C)c1ccc2c(c1)CCC2)S(=O)(=O)c1ccc(C)cc1. The number of benzene rings is 3. The van der Waals surface area contributed by atoms with E-state index in [2.05, 4.69) is 23.5 Å². The molecule has 0 spiro atoms. The summed E-state index contributed by atoms with van der Waals surface area (Å²) < 4.78 is 28.6. The fourth-order valence-corrected chi connectivity index (χ4v) is 6.01. The molecule has 1 N–H and O–H groups in total. The molecular formula is C28H32N2O3S. The molecule has 0 fully saturated rings. The average Bonchev–Trinajstić information content (AvgIpc) is 3.30. The number of fused-ring (bicyclic) bond motifs is 1. The lowest BCUT2D eigenvalue weighted by Gasteiger charge is -2.27. The average molecular weight is 477 g/mol. The first-order chi connectivity index (χ1) is 16.3. The van der Waals surface area contributed by atoms with Gasteiger partial charge in [-0.25, -0.2) is 8.42 Å². The molecule has 3 aromatic carbocycles. The highest BCUT2D eigenvalue weighted by Gasteiger charge is 2.29. The molecule has 0 radical (unpaired) electrons. The van der Waals surface area contributed by atoms with E-state index in [1.807, 2.05) is 32.9 Å². The van der Waals surface area contributed by atoms with Gasteiger partial charge in [-0.05, 0) is 80.0 Å². The summed E-state index contributed by atoms with van der Waals surface area (Å²) in [6.45, 7) is 5.54. The maximum Gasteiger partial charge on any atom is 0.264 e. The highest BCUT2D eigenvalue weighted by molar-refractivity contribution is 7.92. The second-order valence-corrected chi connectivity index (χ2v) is 10.8. The van der Waals surface area contributed by atoms with Crippen LogP contribution in [0.3, 0.4) is 0 Å². The van der Waals surface area contributed by atoms with Gasteiger partial charge in [0.05, 0.1) is 16.6 Å². The number of hydrogen-bond donors (Lipinski definition) is 1. The molecule has 6 heteroatoms. The number of carbonyl (C=O) groups excluding carboxylic acids is 1. The zero-order valence-electron chi connectivity index (χ0n) is 20.0. The number of aryl methyl sites for hydroxylation is 4. The molecule has 0 heterocycles. The third-order valence-corrected chi connectivity index (χ3v) is 8.31. The topological polar surface area (TPSA) is 66.5 Å². The lowest BCUT2D eigenvalue weighted by molar-refractivity contribution is -0.120. The van der Waals surface area contributed by atoms with Gasteiger partial charge in [-0.1, -0.05) is 61.0 Å². The van der Waals surface area contributed by atoms with E-state index < -0.39 is 10.0 Å². The fourth-order valence-electron chi connectivity index (χ4n) is 4.55. The smallest absolute Gasteiger partial charge is 0.264 e. The van der Waals surface area contributed by atoms with Crippen LogP contribution in [0.2, 0.25) is 0 Å². The van der Waals surface area contributed by atoms with Crippen LogP contribution in [-0.4, -0.2) is 20.9 Å². The van der Waals surface area contributed by atoms with E-state index in [1.165, 1.54) is 21.9 Å². The lowest BCUT2D eigenvalue weighted by atomic mass is 10.0. The predicted molar refractivity (Wildman–Crippen MR) is 137 cm³/mol. The molecule has 1 atom stereocenters. The Balaban J connectivity index is 1.61. The number of carbonyl (C=O) groups is 1. The quantitative estimate of drug-likeness (QED) is 0.491. The van der Waals surface area contributed by atoms with E-state index in [4.69, 9.17) is 0 Å². The first-order valence-corrected chi connectivity index (χ1v) is 13.3. The monoisotopic (exact) mass is 476 g/mol. The third kappa shape index (κ3) is 5.02. The number of anilines is 1. The van der Waals surface area contributed by atoms with Crippen LogP contribution in [0.15, 0.2) is 71.6 Å². The summed E-state index contributed by atoms with van der Waals surface area (Å²) in [4.78, 5) is 13.3. The van der Waals surface area contributed by atoms with E-state index in [9.17, 15) is 13.2 Å². The molecule has 0 bridgehead atoms. The molecule has 1 aliphatic carbocycles. The van der Waals surface area contributed by atoms with Crippen molar-refractivity contribution < 1.29 is 13.2 Å². The molecule has 1 amide bonds. The first-order valence-electron chi connectivity index (χ1n) is 11.9. The number of rotatable bonds is 8. The number of hydrogen-bond acceptors (Lipinski definition) is 3. The zero-order valence-corrected chi connectivity index (χ0v) is 20.9.